The van der Waals surface area contributed by atoms with Crippen molar-refractivity contribution in [1.29, 1.82) is 0 Å². The molecule has 0 aliphatic rings. The van der Waals surface area contributed by atoms with Crippen LogP contribution in [-0.2, 0) is 4.79 Å². The highest BCUT2D eigenvalue weighted by Crippen LogP contribution is 2.25. The number of rotatable bonds is 5. The van der Waals surface area contributed by atoms with Gasteiger partial charge in [0.25, 0.3) is 0 Å². The molecule has 3 rings (SSSR count). The van der Waals surface area contributed by atoms with Crippen molar-refractivity contribution in [2.24, 2.45) is 5.10 Å². The number of hydrazone groups is 1. The minimum atomic E-state index is -0.140. The van der Waals surface area contributed by atoms with Gasteiger partial charge in [-0.2, -0.15) is 5.10 Å². The Morgan fingerprint density at radius 1 is 1.20 bits per heavy atom. The fraction of sp³-hybridized carbons (Fsp3) is 0.150. The van der Waals surface area contributed by atoms with Crippen LogP contribution >= 0.6 is 11.8 Å². The van der Waals surface area contributed by atoms with E-state index in [1.54, 1.807) is 12.4 Å². The van der Waals surface area contributed by atoms with Crippen LogP contribution in [0.5, 0.6) is 0 Å². The highest BCUT2D eigenvalue weighted by atomic mass is 32.2. The first-order valence-corrected chi connectivity index (χ1v) is 8.98. The molecule has 0 saturated carbocycles. The van der Waals surface area contributed by atoms with Gasteiger partial charge in [-0.3, -0.25) is 9.78 Å². The van der Waals surface area contributed by atoms with Gasteiger partial charge in [0.1, 0.15) is 0 Å². The molecule has 0 spiro atoms. The monoisotopic (exact) mass is 349 g/mol. The van der Waals surface area contributed by atoms with E-state index in [0.717, 1.165) is 26.9 Å². The molecule has 2 aromatic carbocycles. The van der Waals surface area contributed by atoms with Crippen molar-refractivity contribution in [3.63, 3.8) is 0 Å². The number of carbonyl (C=O) groups is 1. The molecule has 0 bridgehead atoms. The fourth-order valence-electron chi connectivity index (χ4n) is 2.51. The molecule has 0 radical (unpaired) electrons. The third-order valence-electron chi connectivity index (χ3n) is 3.77. The van der Waals surface area contributed by atoms with E-state index in [1.807, 2.05) is 49.4 Å². The fourth-order valence-corrected chi connectivity index (χ4v) is 3.35. The molecule has 0 saturated heterocycles. The normalized spacial score (nSPS) is 11.1. The predicted octanol–water partition coefficient (Wildman–Crippen LogP) is 4.09. The van der Waals surface area contributed by atoms with E-state index >= 15 is 0 Å². The molecule has 1 amide bonds. The molecular formula is C20H19N3OS. The number of thioether (sulfide) groups is 1. The van der Waals surface area contributed by atoms with Crippen LogP contribution in [0, 0.1) is 13.8 Å². The second-order valence-electron chi connectivity index (χ2n) is 5.77. The summed E-state index contributed by atoms with van der Waals surface area (Å²) in [6.45, 7) is 4.08. The number of nitrogens with zero attached hydrogens (tertiary/aromatic N) is 2. The third-order valence-corrected chi connectivity index (χ3v) is 4.82. The van der Waals surface area contributed by atoms with Gasteiger partial charge in [0.05, 0.1) is 17.5 Å². The Hall–Kier alpha value is -2.66. The molecule has 126 valence electrons. The van der Waals surface area contributed by atoms with Gasteiger partial charge in [0.2, 0.25) is 5.91 Å². The van der Waals surface area contributed by atoms with E-state index in [2.05, 4.69) is 28.5 Å². The second-order valence-corrected chi connectivity index (χ2v) is 6.79. The van der Waals surface area contributed by atoms with Crippen LogP contribution in [0.3, 0.4) is 0 Å². The van der Waals surface area contributed by atoms with Crippen LogP contribution in [0.15, 0.2) is 64.7 Å². The van der Waals surface area contributed by atoms with Crippen molar-refractivity contribution in [2.45, 2.75) is 18.7 Å². The molecule has 1 N–H and O–H groups in total. The number of aromatic nitrogens is 1. The minimum Gasteiger partial charge on any atom is -0.272 e. The number of para-hydroxylation sites is 1. The van der Waals surface area contributed by atoms with Crippen molar-refractivity contribution >= 4 is 34.8 Å². The van der Waals surface area contributed by atoms with Gasteiger partial charge in [0.15, 0.2) is 0 Å². The molecule has 0 aliphatic carbocycles. The average molecular weight is 349 g/mol. The van der Waals surface area contributed by atoms with Crippen LogP contribution in [0.2, 0.25) is 0 Å². The van der Waals surface area contributed by atoms with Crippen molar-refractivity contribution in [3.05, 3.63) is 71.4 Å². The summed E-state index contributed by atoms with van der Waals surface area (Å²) in [7, 11) is 0. The molecule has 0 unspecified atom stereocenters. The number of hydrogen-bond donors (Lipinski definition) is 1. The maximum atomic E-state index is 12.0. The molecule has 0 atom stereocenters. The predicted molar refractivity (Wildman–Crippen MR) is 104 cm³/mol. The summed E-state index contributed by atoms with van der Waals surface area (Å²) in [5.41, 5.74) is 6.84. The summed E-state index contributed by atoms with van der Waals surface area (Å²) in [5.74, 6) is 0.152. The molecule has 0 aliphatic heterocycles. The maximum absolute atomic E-state index is 12.0. The average Bonchev–Trinajstić information content (AvgIpc) is 2.62. The first-order valence-electron chi connectivity index (χ1n) is 7.99. The first kappa shape index (κ1) is 17.2. The number of aryl methyl sites for hydroxylation is 2. The number of fused-ring (bicyclic) bond motifs is 1. The molecule has 0 fully saturated rings. The Balaban J connectivity index is 1.58. The largest absolute Gasteiger partial charge is 0.272 e. The Kier molecular flexibility index (Phi) is 5.46. The van der Waals surface area contributed by atoms with Gasteiger partial charge in [-0.15, -0.1) is 11.8 Å². The summed E-state index contributed by atoms with van der Waals surface area (Å²) in [6, 6.07) is 16.0. The van der Waals surface area contributed by atoms with Gasteiger partial charge in [-0.1, -0.05) is 42.0 Å². The van der Waals surface area contributed by atoms with Crippen LogP contribution in [-0.4, -0.2) is 22.9 Å². The quantitative estimate of drug-likeness (QED) is 0.429. The van der Waals surface area contributed by atoms with Crippen molar-refractivity contribution in [2.75, 3.05) is 5.75 Å². The lowest BCUT2D eigenvalue weighted by Crippen LogP contribution is -2.19. The number of hydrogen-bond acceptors (Lipinski definition) is 4. The highest BCUT2D eigenvalue weighted by Gasteiger charge is 2.06. The summed E-state index contributed by atoms with van der Waals surface area (Å²) in [6.07, 6.45) is 3.44. The number of nitrogens with one attached hydrogen (secondary N) is 1. The van der Waals surface area contributed by atoms with Crippen LogP contribution < -0.4 is 5.43 Å². The van der Waals surface area contributed by atoms with Crippen LogP contribution in [0.25, 0.3) is 10.9 Å². The number of amides is 1. The topological polar surface area (TPSA) is 54.4 Å². The molecule has 1 heterocycles. The van der Waals surface area contributed by atoms with E-state index in [4.69, 9.17) is 0 Å². The van der Waals surface area contributed by atoms with E-state index in [0.29, 0.717) is 5.75 Å². The van der Waals surface area contributed by atoms with Gasteiger partial charge in [0, 0.05) is 16.5 Å². The Morgan fingerprint density at radius 3 is 2.88 bits per heavy atom. The second kappa shape index (κ2) is 7.94. The summed E-state index contributed by atoms with van der Waals surface area (Å²) >= 11 is 1.46. The summed E-state index contributed by atoms with van der Waals surface area (Å²) < 4.78 is 0. The molecular weight excluding hydrogens is 330 g/mol. The lowest BCUT2D eigenvalue weighted by atomic mass is 10.1. The van der Waals surface area contributed by atoms with Crippen molar-refractivity contribution in [3.8, 4) is 0 Å². The van der Waals surface area contributed by atoms with Crippen molar-refractivity contribution in [1.82, 2.24) is 10.4 Å². The van der Waals surface area contributed by atoms with Crippen LogP contribution in [0.4, 0.5) is 0 Å². The number of carbonyl (C=O) groups excluding carboxylic acids is 1. The lowest BCUT2D eigenvalue weighted by Gasteiger charge is -2.05. The van der Waals surface area contributed by atoms with Gasteiger partial charge in [-0.05, 0) is 37.1 Å². The zero-order chi connectivity index (χ0) is 17.6. The summed E-state index contributed by atoms with van der Waals surface area (Å²) in [4.78, 5) is 17.4. The molecule has 3 aromatic rings. The van der Waals surface area contributed by atoms with Gasteiger partial charge in [-0.25, -0.2) is 5.43 Å². The number of pyridine rings is 1. The standard InChI is InChI=1S/C20H19N3OS/c1-14-8-9-17(15(2)11-14)12-22-23-19(24)13-25-18-7-3-5-16-6-4-10-21-20(16)18/h3-12H,13H2,1-2H3,(H,23,24)/b22-12+. The number of benzene rings is 2. The van der Waals surface area contributed by atoms with Crippen LogP contribution in [0.1, 0.15) is 16.7 Å². The third kappa shape index (κ3) is 4.45. The highest BCUT2D eigenvalue weighted by molar-refractivity contribution is 8.00. The zero-order valence-electron chi connectivity index (χ0n) is 14.2. The minimum absolute atomic E-state index is 0.140. The summed E-state index contributed by atoms with van der Waals surface area (Å²) in [5, 5.41) is 5.12. The Bertz CT molecular complexity index is 932. The van der Waals surface area contributed by atoms with Gasteiger partial charge < -0.3 is 0 Å². The Morgan fingerprint density at radius 2 is 2.04 bits per heavy atom. The van der Waals surface area contributed by atoms with E-state index in [-0.39, 0.29) is 5.91 Å². The molecule has 5 heteroatoms. The van der Waals surface area contributed by atoms with E-state index in [9.17, 15) is 4.79 Å². The molecule has 25 heavy (non-hydrogen) atoms. The zero-order valence-corrected chi connectivity index (χ0v) is 15.0. The first-order chi connectivity index (χ1) is 12.1. The molecule has 4 nitrogen and oxygen atoms in total. The molecule has 1 aromatic heterocycles. The SMILES string of the molecule is Cc1ccc(/C=N/NC(=O)CSc2cccc3cccnc23)c(C)c1. The lowest BCUT2D eigenvalue weighted by molar-refractivity contribution is -0.118. The van der Waals surface area contributed by atoms with E-state index < -0.39 is 0 Å². The van der Waals surface area contributed by atoms with E-state index in [1.165, 1.54) is 17.3 Å². The maximum Gasteiger partial charge on any atom is 0.250 e. The van der Waals surface area contributed by atoms with Crippen molar-refractivity contribution < 1.29 is 4.79 Å². The smallest absolute Gasteiger partial charge is 0.250 e. The van der Waals surface area contributed by atoms with Gasteiger partial charge >= 0.3 is 0 Å². The Labute approximate surface area is 151 Å².